The fraction of sp³-hybridized carbons (Fsp3) is 0.400. The number of thiophene rings is 1. The molecule has 1 amide bonds. The first-order valence-corrected chi connectivity index (χ1v) is 12.3. The van der Waals surface area contributed by atoms with Gasteiger partial charge < -0.3 is 14.8 Å². The largest absolute Gasteiger partial charge is 0.497 e. The summed E-state index contributed by atoms with van der Waals surface area (Å²) in [5, 5.41) is 13.4. The van der Waals surface area contributed by atoms with Crippen molar-refractivity contribution in [2.24, 2.45) is 5.92 Å². The molecule has 2 heterocycles. The van der Waals surface area contributed by atoms with Gasteiger partial charge in [-0.15, -0.1) is 0 Å². The molecule has 178 valence electrons. The molecule has 0 bridgehead atoms. The highest BCUT2D eigenvalue weighted by Crippen LogP contribution is 2.35. The van der Waals surface area contributed by atoms with Crippen LogP contribution < -0.4 is 10.1 Å². The summed E-state index contributed by atoms with van der Waals surface area (Å²) in [5.74, 6) is -1.48. The van der Waals surface area contributed by atoms with Crippen LogP contribution in [0.5, 0.6) is 5.75 Å². The molecule has 3 rings (SSSR count). The Morgan fingerprint density at radius 3 is 2.61 bits per heavy atom. The average molecular weight is 498 g/mol. The zero-order chi connectivity index (χ0) is 24.2. The van der Waals surface area contributed by atoms with Crippen molar-refractivity contribution in [2.45, 2.75) is 24.7 Å². The standard InChI is InChI=1S/C20H23N3O8S2/c1-3-31-20(25)16-11-17(23(26)27)32-19(16)21-18(24)13-5-4-10-22(12-13)33(28,29)15-8-6-14(30-2)7-9-15/h6-9,11,13H,3-5,10,12H2,1-2H3,(H,21,24). The number of benzene rings is 1. The molecule has 0 aliphatic carbocycles. The Morgan fingerprint density at radius 1 is 1.30 bits per heavy atom. The quantitative estimate of drug-likeness (QED) is 0.333. The fourth-order valence-corrected chi connectivity index (χ4v) is 5.79. The number of amides is 1. The topological polar surface area (TPSA) is 145 Å². The van der Waals surface area contributed by atoms with Crippen LogP contribution in [0.2, 0.25) is 0 Å². The highest BCUT2D eigenvalue weighted by molar-refractivity contribution is 7.89. The molecule has 1 aromatic heterocycles. The van der Waals surface area contributed by atoms with E-state index in [1.165, 1.54) is 23.5 Å². The molecule has 1 saturated heterocycles. The first-order valence-electron chi connectivity index (χ1n) is 10.1. The van der Waals surface area contributed by atoms with E-state index in [2.05, 4.69) is 5.32 Å². The molecule has 1 atom stereocenters. The van der Waals surface area contributed by atoms with E-state index < -0.39 is 32.7 Å². The molecule has 0 saturated carbocycles. The lowest BCUT2D eigenvalue weighted by Crippen LogP contribution is -2.43. The van der Waals surface area contributed by atoms with Gasteiger partial charge in [-0.1, -0.05) is 0 Å². The van der Waals surface area contributed by atoms with E-state index in [4.69, 9.17) is 9.47 Å². The van der Waals surface area contributed by atoms with Crippen molar-refractivity contribution in [3.63, 3.8) is 0 Å². The minimum absolute atomic E-state index is 0.000264. The molecule has 33 heavy (non-hydrogen) atoms. The van der Waals surface area contributed by atoms with Crippen molar-refractivity contribution in [3.8, 4) is 5.75 Å². The number of piperidine rings is 1. The van der Waals surface area contributed by atoms with Gasteiger partial charge in [0, 0.05) is 19.2 Å². The van der Waals surface area contributed by atoms with Gasteiger partial charge >= 0.3 is 11.0 Å². The van der Waals surface area contributed by atoms with E-state index in [0.29, 0.717) is 29.9 Å². The lowest BCUT2D eigenvalue weighted by molar-refractivity contribution is -0.380. The molecule has 2 aromatic rings. The molecular formula is C20H23N3O8S2. The number of ether oxygens (including phenoxy) is 2. The zero-order valence-electron chi connectivity index (χ0n) is 18.0. The van der Waals surface area contributed by atoms with Crippen molar-refractivity contribution in [1.29, 1.82) is 0 Å². The second kappa shape index (κ2) is 10.3. The third kappa shape index (κ3) is 5.49. The Hall–Kier alpha value is -3.03. The number of nitrogens with one attached hydrogen (secondary N) is 1. The van der Waals surface area contributed by atoms with Gasteiger partial charge in [-0.05, 0) is 55.4 Å². The number of nitrogens with zero attached hydrogens (tertiary/aromatic N) is 2. The second-order valence-corrected chi connectivity index (χ2v) is 10.1. The Morgan fingerprint density at radius 2 is 2.00 bits per heavy atom. The monoisotopic (exact) mass is 497 g/mol. The Bertz CT molecular complexity index is 1140. The maximum Gasteiger partial charge on any atom is 0.341 e. The van der Waals surface area contributed by atoms with Gasteiger partial charge in [0.25, 0.3) is 0 Å². The van der Waals surface area contributed by atoms with Gasteiger partial charge in [-0.2, -0.15) is 4.31 Å². The lowest BCUT2D eigenvalue weighted by atomic mass is 9.99. The predicted octanol–water partition coefficient (Wildman–Crippen LogP) is 2.88. The number of sulfonamides is 1. The summed E-state index contributed by atoms with van der Waals surface area (Å²) in [6.07, 6.45) is 0.894. The van der Waals surface area contributed by atoms with E-state index in [0.717, 1.165) is 6.07 Å². The molecule has 1 aliphatic heterocycles. The fourth-order valence-electron chi connectivity index (χ4n) is 3.41. The highest BCUT2D eigenvalue weighted by atomic mass is 32.2. The first kappa shape index (κ1) is 24.6. The number of anilines is 1. The van der Waals surface area contributed by atoms with Crippen LogP contribution in [0.1, 0.15) is 30.1 Å². The summed E-state index contributed by atoms with van der Waals surface area (Å²) in [6, 6.07) is 7.02. The minimum atomic E-state index is -3.83. The van der Waals surface area contributed by atoms with Crippen molar-refractivity contribution >= 4 is 43.2 Å². The van der Waals surface area contributed by atoms with Gasteiger partial charge in [-0.25, -0.2) is 13.2 Å². The van der Waals surface area contributed by atoms with Crippen LogP contribution in [0.25, 0.3) is 0 Å². The van der Waals surface area contributed by atoms with E-state index in [1.807, 2.05) is 0 Å². The Balaban J connectivity index is 1.77. The number of hydrogen-bond acceptors (Lipinski definition) is 9. The minimum Gasteiger partial charge on any atom is -0.497 e. The van der Waals surface area contributed by atoms with Gasteiger partial charge in [0.05, 0.1) is 29.5 Å². The van der Waals surface area contributed by atoms with Crippen molar-refractivity contribution in [1.82, 2.24) is 4.31 Å². The first-order chi connectivity index (χ1) is 15.7. The number of esters is 1. The Labute approximate surface area is 194 Å². The van der Waals surface area contributed by atoms with Crippen LogP contribution in [-0.2, 0) is 19.6 Å². The number of rotatable bonds is 8. The third-order valence-electron chi connectivity index (χ3n) is 5.08. The molecule has 1 aliphatic rings. The number of methoxy groups -OCH3 is 1. The van der Waals surface area contributed by atoms with Gasteiger partial charge in [0.1, 0.15) is 16.3 Å². The lowest BCUT2D eigenvalue weighted by Gasteiger charge is -2.31. The third-order valence-corrected chi connectivity index (χ3v) is 7.96. The normalized spacial score (nSPS) is 16.7. The zero-order valence-corrected chi connectivity index (χ0v) is 19.6. The molecule has 1 aromatic carbocycles. The van der Waals surface area contributed by atoms with Crippen LogP contribution in [0, 0.1) is 16.0 Å². The number of hydrogen-bond donors (Lipinski definition) is 1. The molecule has 11 nitrogen and oxygen atoms in total. The van der Waals surface area contributed by atoms with Gasteiger partial charge in [-0.3, -0.25) is 14.9 Å². The molecule has 1 unspecified atom stereocenters. The van der Waals surface area contributed by atoms with Crippen LogP contribution in [0.4, 0.5) is 10.0 Å². The van der Waals surface area contributed by atoms with Gasteiger partial charge in [0.2, 0.25) is 15.9 Å². The average Bonchev–Trinajstić information content (AvgIpc) is 3.23. The molecule has 13 heteroatoms. The summed E-state index contributed by atoms with van der Waals surface area (Å²) >= 11 is 0.645. The highest BCUT2D eigenvalue weighted by Gasteiger charge is 2.34. The molecule has 0 radical (unpaired) electrons. The predicted molar refractivity (Wildman–Crippen MR) is 120 cm³/mol. The van der Waals surface area contributed by atoms with E-state index in [1.54, 1.807) is 19.1 Å². The maximum atomic E-state index is 13.0. The summed E-state index contributed by atoms with van der Waals surface area (Å²) in [4.78, 5) is 35.6. The van der Waals surface area contributed by atoms with Crippen molar-refractivity contribution in [2.75, 3.05) is 32.1 Å². The molecule has 1 N–H and O–H groups in total. The molecular weight excluding hydrogens is 474 g/mol. The Kier molecular flexibility index (Phi) is 7.66. The summed E-state index contributed by atoms with van der Waals surface area (Å²) in [5.41, 5.74) is -0.111. The molecule has 1 fully saturated rings. The second-order valence-electron chi connectivity index (χ2n) is 7.17. The smallest absolute Gasteiger partial charge is 0.341 e. The summed E-state index contributed by atoms with van der Waals surface area (Å²) in [6.45, 7) is 1.87. The number of nitro groups is 1. The van der Waals surface area contributed by atoms with Crippen molar-refractivity contribution in [3.05, 3.63) is 46.0 Å². The van der Waals surface area contributed by atoms with Crippen LogP contribution in [0.15, 0.2) is 35.2 Å². The van der Waals surface area contributed by atoms with Crippen LogP contribution in [-0.4, -0.2) is 56.3 Å². The van der Waals surface area contributed by atoms with Crippen LogP contribution in [0.3, 0.4) is 0 Å². The number of carbonyl (C=O) groups excluding carboxylic acids is 2. The molecule has 0 spiro atoms. The maximum absolute atomic E-state index is 13.0. The van der Waals surface area contributed by atoms with E-state index in [-0.39, 0.29) is 40.2 Å². The van der Waals surface area contributed by atoms with Gasteiger partial charge in [0.15, 0.2) is 0 Å². The summed E-state index contributed by atoms with van der Waals surface area (Å²) < 4.78 is 37.3. The summed E-state index contributed by atoms with van der Waals surface area (Å²) in [7, 11) is -2.35. The van der Waals surface area contributed by atoms with E-state index >= 15 is 0 Å². The SMILES string of the molecule is CCOC(=O)c1cc([N+](=O)[O-])sc1NC(=O)C1CCCN(S(=O)(=O)c2ccc(OC)cc2)C1. The van der Waals surface area contributed by atoms with E-state index in [9.17, 15) is 28.1 Å². The van der Waals surface area contributed by atoms with Crippen LogP contribution >= 0.6 is 11.3 Å². The number of carbonyl (C=O) groups is 2. The van der Waals surface area contributed by atoms with Crippen molar-refractivity contribution < 1.29 is 32.4 Å².